The molecule has 0 spiro atoms. The molecule has 16 heavy (non-hydrogen) atoms. The van der Waals surface area contributed by atoms with Crippen LogP contribution in [0.25, 0.3) is 0 Å². The van der Waals surface area contributed by atoms with Crippen LogP contribution in [0.1, 0.15) is 0 Å². The molecule has 2 aromatic rings. The molecule has 0 saturated carbocycles. The zero-order valence-corrected chi connectivity index (χ0v) is 8.44. The van der Waals surface area contributed by atoms with Gasteiger partial charge in [0.15, 0.2) is 0 Å². The molecule has 1 aromatic carbocycles. The molecule has 82 valence electrons. The Morgan fingerprint density at radius 2 is 2.00 bits per heavy atom. The molecule has 0 radical (unpaired) electrons. The van der Waals surface area contributed by atoms with E-state index in [4.69, 9.17) is 5.84 Å². The van der Waals surface area contributed by atoms with Gasteiger partial charge in [-0.1, -0.05) is 12.1 Å². The molecule has 1 heterocycles. The monoisotopic (exact) mass is 218 g/mol. The van der Waals surface area contributed by atoms with Crippen LogP contribution >= 0.6 is 0 Å². The Morgan fingerprint density at radius 1 is 1.19 bits per heavy atom. The van der Waals surface area contributed by atoms with E-state index >= 15 is 0 Å². The van der Waals surface area contributed by atoms with E-state index < -0.39 is 0 Å². The fourth-order valence-corrected chi connectivity index (χ4v) is 1.31. The number of benzene rings is 1. The lowest BCUT2D eigenvalue weighted by atomic mass is 10.3. The zero-order chi connectivity index (χ0) is 11.4. The van der Waals surface area contributed by atoms with Crippen LogP contribution in [0.2, 0.25) is 0 Å². The first-order chi connectivity index (χ1) is 7.79. The summed E-state index contributed by atoms with van der Waals surface area (Å²) in [6.45, 7) is 0. The van der Waals surface area contributed by atoms with Crippen LogP contribution in [-0.2, 0) is 0 Å². The van der Waals surface area contributed by atoms with Crippen molar-refractivity contribution in [2.24, 2.45) is 5.84 Å². The minimum Gasteiger partial charge on any atom is -0.353 e. The number of rotatable bonds is 3. The van der Waals surface area contributed by atoms with Crippen molar-refractivity contribution in [2.75, 3.05) is 10.7 Å². The van der Waals surface area contributed by atoms with E-state index in [0.717, 1.165) is 0 Å². The van der Waals surface area contributed by atoms with Crippen LogP contribution in [0.4, 0.5) is 21.6 Å². The highest BCUT2D eigenvalue weighted by Gasteiger charge is 2.01. The van der Waals surface area contributed by atoms with E-state index in [9.17, 15) is 4.39 Å². The number of nitrogens with zero attached hydrogens (tertiary/aromatic N) is 1. The molecule has 0 aliphatic rings. The van der Waals surface area contributed by atoms with E-state index in [1.807, 2.05) is 0 Å². The maximum Gasteiger partial charge on any atom is 0.146 e. The average Bonchev–Trinajstić information content (AvgIpc) is 2.32. The highest BCUT2D eigenvalue weighted by atomic mass is 19.1. The predicted octanol–water partition coefficient (Wildman–Crippen LogP) is 2.25. The summed E-state index contributed by atoms with van der Waals surface area (Å²) in [7, 11) is 0. The Morgan fingerprint density at radius 3 is 2.75 bits per heavy atom. The fourth-order valence-electron chi connectivity index (χ4n) is 1.31. The Kier molecular flexibility index (Phi) is 2.98. The van der Waals surface area contributed by atoms with Gasteiger partial charge in [-0.15, -0.1) is 0 Å². The first-order valence-electron chi connectivity index (χ1n) is 4.74. The fraction of sp³-hybridized carbons (Fsp3) is 0. The van der Waals surface area contributed by atoms with E-state index in [0.29, 0.717) is 17.2 Å². The Labute approximate surface area is 92.3 Å². The van der Waals surface area contributed by atoms with Crippen molar-refractivity contribution < 1.29 is 4.39 Å². The van der Waals surface area contributed by atoms with E-state index in [1.54, 1.807) is 36.5 Å². The standard InChI is InChI=1S/C11H11FN4/c12-9-3-1-2-4-10(9)15-8-5-6-14-11(7-8)16-13/h1-7H,13H2,(H2,14,15,16). The van der Waals surface area contributed by atoms with Gasteiger partial charge in [0, 0.05) is 18.0 Å². The van der Waals surface area contributed by atoms with Crippen molar-refractivity contribution in [3.8, 4) is 0 Å². The van der Waals surface area contributed by atoms with E-state index in [-0.39, 0.29) is 5.82 Å². The van der Waals surface area contributed by atoms with Gasteiger partial charge in [0.2, 0.25) is 0 Å². The van der Waals surface area contributed by atoms with Gasteiger partial charge in [-0.3, -0.25) is 0 Å². The van der Waals surface area contributed by atoms with Crippen LogP contribution in [0, 0.1) is 5.82 Å². The minimum absolute atomic E-state index is 0.304. The molecule has 0 saturated heterocycles. The Balaban J connectivity index is 2.24. The lowest BCUT2D eigenvalue weighted by Gasteiger charge is -2.08. The molecule has 5 heteroatoms. The summed E-state index contributed by atoms with van der Waals surface area (Å²) in [5.41, 5.74) is 3.55. The van der Waals surface area contributed by atoms with Gasteiger partial charge in [-0.25, -0.2) is 15.2 Å². The molecule has 0 atom stereocenters. The minimum atomic E-state index is -0.304. The van der Waals surface area contributed by atoms with Crippen molar-refractivity contribution in [3.63, 3.8) is 0 Å². The summed E-state index contributed by atoms with van der Waals surface area (Å²) in [6.07, 6.45) is 1.58. The largest absolute Gasteiger partial charge is 0.353 e. The second kappa shape index (κ2) is 4.59. The van der Waals surface area contributed by atoms with Crippen molar-refractivity contribution in [1.82, 2.24) is 4.98 Å². The number of para-hydroxylation sites is 1. The third kappa shape index (κ3) is 2.26. The molecule has 0 aliphatic heterocycles. The number of hydrogen-bond acceptors (Lipinski definition) is 4. The second-order valence-electron chi connectivity index (χ2n) is 3.18. The summed E-state index contributed by atoms with van der Waals surface area (Å²) >= 11 is 0. The van der Waals surface area contributed by atoms with Crippen LogP contribution in [0.3, 0.4) is 0 Å². The maximum atomic E-state index is 13.3. The van der Waals surface area contributed by atoms with Crippen molar-refractivity contribution >= 4 is 17.2 Å². The second-order valence-corrected chi connectivity index (χ2v) is 3.18. The first kappa shape index (κ1) is 10.4. The Bertz CT molecular complexity index is 487. The molecule has 0 fully saturated rings. The molecule has 4 N–H and O–H groups in total. The lowest BCUT2D eigenvalue weighted by molar-refractivity contribution is 0.632. The van der Waals surface area contributed by atoms with Gasteiger partial charge < -0.3 is 10.7 Å². The van der Waals surface area contributed by atoms with Gasteiger partial charge >= 0.3 is 0 Å². The first-order valence-corrected chi connectivity index (χ1v) is 4.74. The zero-order valence-electron chi connectivity index (χ0n) is 8.44. The SMILES string of the molecule is NNc1cc(Nc2ccccc2F)ccn1. The number of nitrogens with one attached hydrogen (secondary N) is 2. The van der Waals surface area contributed by atoms with E-state index in [2.05, 4.69) is 15.7 Å². The van der Waals surface area contributed by atoms with Crippen molar-refractivity contribution in [1.29, 1.82) is 0 Å². The maximum absolute atomic E-state index is 13.3. The molecule has 4 nitrogen and oxygen atoms in total. The number of anilines is 3. The lowest BCUT2D eigenvalue weighted by Crippen LogP contribution is -2.08. The molecule has 0 bridgehead atoms. The summed E-state index contributed by atoms with van der Waals surface area (Å²) in [4.78, 5) is 3.95. The molecular weight excluding hydrogens is 207 g/mol. The molecule has 1 aromatic heterocycles. The molecular formula is C11H11FN4. The predicted molar refractivity (Wildman–Crippen MR) is 61.7 cm³/mol. The average molecular weight is 218 g/mol. The number of nitrogens with two attached hydrogens (primary N) is 1. The van der Waals surface area contributed by atoms with Crippen LogP contribution in [-0.4, -0.2) is 4.98 Å². The summed E-state index contributed by atoms with van der Waals surface area (Å²) in [5.74, 6) is 5.44. The Hall–Kier alpha value is -2.14. The topological polar surface area (TPSA) is 63.0 Å². The highest BCUT2D eigenvalue weighted by molar-refractivity contribution is 5.62. The number of hydrazine groups is 1. The van der Waals surface area contributed by atoms with Gasteiger partial charge in [0.25, 0.3) is 0 Å². The summed E-state index contributed by atoms with van der Waals surface area (Å²) < 4.78 is 13.3. The number of aromatic nitrogens is 1. The van der Waals surface area contributed by atoms with Gasteiger partial charge in [-0.05, 0) is 18.2 Å². The summed E-state index contributed by atoms with van der Waals surface area (Å²) in [6, 6.07) is 9.87. The highest BCUT2D eigenvalue weighted by Crippen LogP contribution is 2.20. The quantitative estimate of drug-likeness (QED) is 0.546. The summed E-state index contributed by atoms with van der Waals surface area (Å²) in [5, 5.41) is 2.94. The third-order valence-electron chi connectivity index (χ3n) is 2.06. The number of hydrogen-bond donors (Lipinski definition) is 3. The van der Waals surface area contributed by atoms with Crippen molar-refractivity contribution in [3.05, 3.63) is 48.4 Å². The molecule has 0 aliphatic carbocycles. The number of halogens is 1. The van der Waals surface area contributed by atoms with Gasteiger partial charge in [0.05, 0.1) is 5.69 Å². The third-order valence-corrected chi connectivity index (χ3v) is 2.06. The molecule has 0 amide bonds. The van der Waals surface area contributed by atoms with Crippen LogP contribution in [0.15, 0.2) is 42.6 Å². The normalized spacial score (nSPS) is 9.88. The number of pyridine rings is 1. The van der Waals surface area contributed by atoms with E-state index in [1.165, 1.54) is 6.07 Å². The van der Waals surface area contributed by atoms with Crippen LogP contribution < -0.4 is 16.6 Å². The van der Waals surface area contributed by atoms with Gasteiger partial charge in [0.1, 0.15) is 11.6 Å². The number of nitrogen functional groups attached to an aromatic ring is 1. The smallest absolute Gasteiger partial charge is 0.146 e. The molecule has 2 rings (SSSR count). The van der Waals surface area contributed by atoms with Crippen LogP contribution in [0.5, 0.6) is 0 Å². The van der Waals surface area contributed by atoms with Crippen molar-refractivity contribution in [2.45, 2.75) is 0 Å². The molecule has 0 unspecified atom stereocenters. The van der Waals surface area contributed by atoms with Gasteiger partial charge in [-0.2, -0.15) is 0 Å².